The highest BCUT2D eigenvalue weighted by Gasteiger charge is 2.10. The zero-order valence-electron chi connectivity index (χ0n) is 9.09. The largest absolute Gasteiger partial charge is 0.302 e. The van der Waals surface area contributed by atoms with Crippen molar-refractivity contribution in [3.8, 4) is 0 Å². The summed E-state index contributed by atoms with van der Waals surface area (Å²) < 4.78 is 0. The van der Waals surface area contributed by atoms with Crippen LogP contribution in [0.3, 0.4) is 0 Å². The Kier molecular flexibility index (Phi) is 5.88. The summed E-state index contributed by atoms with van der Waals surface area (Å²) in [6.45, 7) is 8.66. The summed E-state index contributed by atoms with van der Waals surface area (Å²) in [5.74, 6) is 3.63. The summed E-state index contributed by atoms with van der Waals surface area (Å²) in [4.78, 5) is 2.63. The van der Waals surface area contributed by atoms with Gasteiger partial charge < -0.3 is 4.90 Å². The van der Waals surface area contributed by atoms with Gasteiger partial charge in [-0.25, -0.2) is 0 Å². The van der Waals surface area contributed by atoms with Crippen LogP contribution in [0, 0.1) is 5.92 Å². The Morgan fingerprint density at radius 3 is 2.54 bits per heavy atom. The van der Waals surface area contributed by atoms with Gasteiger partial charge in [0.25, 0.3) is 0 Å². The van der Waals surface area contributed by atoms with Crippen LogP contribution >= 0.6 is 11.8 Å². The molecule has 0 aromatic rings. The molecule has 0 amide bonds. The first kappa shape index (κ1) is 11.4. The molecule has 0 radical (unpaired) electrons. The molecule has 1 nitrogen and oxygen atoms in total. The maximum Gasteiger partial charge on any atom is 0.00727 e. The first-order valence-electron chi connectivity index (χ1n) is 5.63. The molecule has 13 heavy (non-hydrogen) atoms. The molecule has 0 aromatic carbocycles. The minimum Gasteiger partial charge on any atom is -0.302 e. The molecular formula is C11H23NS. The number of hydrogen-bond donors (Lipinski definition) is 0. The van der Waals surface area contributed by atoms with Crippen LogP contribution < -0.4 is 0 Å². The van der Waals surface area contributed by atoms with Crippen LogP contribution in [0.1, 0.15) is 33.1 Å². The van der Waals surface area contributed by atoms with E-state index in [0.717, 1.165) is 5.92 Å². The minimum atomic E-state index is 0.930. The smallest absolute Gasteiger partial charge is 0.00727 e. The molecule has 0 saturated carbocycles. The van der Waals surface area contributed by atoms with E-state index in [0.29, 0.717) is 0 Å². The standard InChI is InChI=1S/C11H23NS/c1-3-4-11(2)5-6-12-7-9-13-10-8-12/h11H,3-10H2,1-2H3. The quantitative estimate of drug-likeness (QED) is 0.673. The van der Waals surface area contributed by atoms with Gasteiger partial charge in [-0.05, 0) is 18.9 Å². The van der Waals surface area contributed by atoms with E-state index >= 15 is 0 Å². The Morgan fingerprint density at radius 1 is 1.23 bits per heavy atom. The molecule has 0 spiro atoms. The lowest BCUT2D eigenvalue weighted by molar-refractivity contribution is 0.274. The van der Waals surface area contributed by atoms with Crippen molar-refractivity contribution in [2.24, 2.45) is 5.92 Å². The lowest BCUT2D eigenvalue weighted by Gasteiger charge is -2.27. The highest BCUT2D eigenvalue weighted by molar-refractivity contribution is 7.99. The molecule has 78 valence electrons. The lowest BCUT2D eigenvalue weighted by atomic mass is 10.0. The number of nitrogens with zero attached hydrogens (tertiary/aromatic N) is 1. The van der Waals surface area contributed by atoms with Gasteiger partial charge in [0.15, 0.2) is 0 Å². The Morgan fingerprint density at radius 2 is 1.92 bits per heavy atom. The topological polar surface area (TPSA) is 3.24 Å². The molecule has 2 heteroatoms. The van der Waals surface area contributed by atoms with Crippen LogP contribution in [0.5, 0.6) is 0 Å². The third-order valence-corrected chi connectivity index (χ3v) is 3.77. The fourth-order valence-electron chi connectivity index (χ4n) is 1.86. The predicted molar refractivity (Wildman–Crippen MR) is 62.5 cm³/mol. The van der Waals surface area contributed by atoms with Crippen molar-refractivity contribution in [1.82, 2.24) is 4.90 Å². The number of rotatable bonds is 5. The lowest BCUT2D eigenvalue weighted by Crippen LogP contribution is -2.33. The molecule has 0 N–H and O–H groups in total. The van der Waals surface area contributed by atoms with E-state index in [4.69, 9.17) is 0 Å². The van der Waals surface area contributed by atoms with Gasteiger partial charge in [0, 0.05) is 24.6 Å². The van der Waals surface area contributed by atoms with E-state index in [9.17, 15) is 0 Å². The van der Waals surface area contributed by atoms with E-state index < -0.39 is 0 Å². The van der Waals surface area contributed by atoms with Gasteiger partial charge in [0.05, 0.1) is 0 Å². The summed E-state index contributed by atoms with van der Waals surface area (Å²) in [6, 6.07) is 0. The molecule has 0 aliphatic carbocycles. The van der Waals surface area contributed by atoms with Crippen molar-refractivity contribution in [3.63, 3.8) is 0 Å². The highest BCUT2D eigenvalue weighted by atomic mass is 32.2. The fourth-order valence-corrected chi connectivity index (χ4v) is 2.84. The van der Waals surface area contributed by atoms with Gasteiger partial charge >= 0.3 is 0 Å². The fraction of sp³-hybridized carbons (Fsp3) is 1.00. The summed E-state index contributed by atoms with van der Waals surface area (Å²) in [6.07, 6.45) is 4.15. The first-order chi connectivity index (χ1) is 6.33. The van der Waals surface area contributed by atoms with E-state index in [1.54, 1.807) is 0 Å². The molecule has 0 bridgehead atoms. The van der Waals surface area contributed by atoms with Crippen molar-refractivity contribution in [2.45, 2.75) is 33.1 Å². The SMILES string of the molecule is CCCC(C)CCN1CCSCC1. The third-order valence-electron chi connectivity index (χ3n) is 2.82. The van der Waals surface area contributed by atoms with Crippen molar-refractivity contribution in [3.05, 3.63) is 0 Å². The van der Waals surface area contributed by atoms with Gasteiger partial charge in [0.2, 0.25) is 0 Å². The molecule has 1 fully saturated rings. The number of thioether (sulfide) groups is 1. The van der Waals surface area contributed by atoms with Crippen LogP contribution in [-0.2, 0) is 0 Å². The van der Waals surface area contributed by atoms with Gasteiger partial charge in [-0.3, -0.25) is 0 Å². The van der Waals surface area contributed by atoms with E-state index in [1.807, 2.05) is 0 Å². The first-order valence-corrected chi connectivity index (χ1v) is 6.78. The summed E-state index contributed by atoms with van der Waals surface area (Å²) in [5, 5.41) is 0. The van der Waals surface area contributed by atoms with Crippen LogP contribution in [-0.4, -0.2) is 36.0 Å². The summed E-state index contributed by atoms with van der Waals surface area (Å²) in [7, 11) is 0. The van der Waals surface area contributed by atoms with E-state index in [2.05, 4.69) is 30.5 Å². The van der Waals surface area contributed by atoms with Crippen molar-refractivity contribution >= 4 is 11.8 Å². The Balaban J connectivity index is 2.03. The molecule has 0 aromatic heterocycles. The minimum absolute atomic E-state index is 0.930. The predicted octanol–water partition coefficient (Wildman–Crippen LogP) is 2.86. The molecule has 1 heterocycles. The molecule has 1 atom stereocenters. The van der Waals surface area contributed by atoms with E-state index in [-0.39, 0.29) is 0 Å². The highest BCUT2D eigenvalue weighted by Crippen LogP contribution is 2.13. The second-order valence-electron chi connectivity index (χ2n) is 4.14. The Bertz CT molecular complexity index is 121. The second-order valence-corrected chi connectivity index (χ2v) is 5.36. The molecule has 1 saturated heterocycles. The Hall–Kier alpha value is 0.310. The normalized spacial score (nSPS) is 21.7. The van der Waals surface area contributed by atoms with Gasteiger partial charge in [-0.2, -0.15) is 11.8 Å². The number of hydrogen-bond acceptors (Lipinski definition) is 2. The maximum atomic E-state index is 2.63. The van der Waals surface area contributed by atoms with E-state index in [1.165, 1.54) is 50.4 Å². The van der Waals surface area contributed by atoms with Gasteiger partial charge in [0.1, 0.15) is 0 Å². The molecule has 1 aliphatic rings. The zero-order chi connectivity index (χ0) is 9.52. The van der Waals surface area contributed by atoms with Crippen LogP contribution in [0.2, 0.25) is 0 Å². The van der Waals surface area contributed by atoms with Gasteiger partial charge in [-0.1, -0.05) is 26.7 Å². The average Bonchev–Trinajstić information content (AvgIpc) is 2.17. The van der Waals surface area contributed by atoms with Crippen molar-refractivity contribution in [2.75, 3.05) is 31.1 Å². The monoisotopic (exact) mass is 201 g/mol. The van der Waals surface area contributed by atoms with Crippen LogP contribution in [0.4, 0.5) is 0 Å². The third kappa shape index (κ3) is 4.92. The zero-order valence-corrected chi connectivity index (χ0v) is 9.91. The maximum absolute atomic E-state index is 2.63. The second kappa shape index (κ2) is 6.72. The molecule has 1 unspecified atom stereocenters. The summed E-state index contributed by atoms with van der Waals surface area (Å²) in [5.41, 5.74) is 0. The molecule has 1 aliphatic heterocycles. The van der Waals surface area contributed by atoms with Crippen LogP contribution in [0.15, 0.2) is 0 Å². The Labute approximate surface area is 87.3 Å². The average molecular weight is 201 g/mol. The molecular weight excluding hydrogens is 178 g/mol. The van der Waals surface area contributed by atoms with Gasteiger partial charge in [-0.15, -0.1) is 0 Å². The van der Waals surface area contributed by atoms with Crippen LogP contribution in [0.25, 0.3) is 0 Å². The molecule has 1 rings (SSSR count). The van der Waals surface area contributed by atoms with Crippen molar-refractivity contribution < 1.29 is 0 Å². The summed E-state index contributed by atoms with van der Waals surface area (Å²) >= 11 is 2.10. The van der Waals surface area contributed by atoms with Crippen molar-refractivity contribution in [1.29, 1.82) is 0 Å².